The maximum absolute atomic E-state index is 12.2. The van der Waals surface area contributed by atoms with Crippen molar-refractivity contribution >= 4 is 38.6 Å². The lowest BCUT2D eigenvalue weighted by molar-refractivity contribution is -0.121. The van der Waals surface area contributed by atoms with E-state index in [1.165, 1.54) is 26.2 Å². The molecule has 1 N–H and O–H groups in total. The van der Waals surface area contributed by atoms with Crippen molar-refractivity contribution in [1.82, 2.24) is 24.6 Å². The number of fused-ring (bicyclic) bond motifs is 1. The highest BCUT2D eigenvalue weighted by atomic mass is 35.5. The minimum absolute atomic E-state index is 0.143. The van der Waals surface area contributed by atoms with Crippen molar-refractivity contribution in [3.63, 3.8) is 0 Å². The molecule has 0 saturated carbocycles. The third-order valence-corrected chi connectivity index (χ3v) is 6.43. The Kier molecular flexibility index (Phi) is 5.97. The number of carbonyl (C=O) groups excluding carboxylic acids is 1. The quantitative estimate of drug-likeness (QED) is 0.629. The highest BCUT2D eigenvalue weighted by molar-refractivity contribution is 7.89. The van der Waals surface area contributed by atoms with Crippen molar-refractivity contribution in [3.8, 4) is 0 Å². The SMILES string of the molecule is CN(C)S(=O)(=O)c1ccc2c(c1)nnn2CCC(=O)NCc1ccccc1Cl. The van der Waals surface area contributed by atoms with Gasteiger partial charge in [-0.15, -0.1) is 5.10 Å². The monoisotopic (exact) mass is 421 g/mol. The van der Waals surface area contributed by atoms with Gasteiger partial charge in [0.25, 0.3) is 0 Å². The Bertz CT molecular complexity index is 1110. The summed E-state index contributed by atoms with van der Waals surface area (Å²) in [6.07, 6.45) is 0.209. The molecule has 0 bridgehead atoms. The lowest BCUT2D eigenvalue weighted by Gasteiger charge is -2.11. The fourth-order valence-corrected chi connectivity index (χ4v) is 3.74. The number of sulfonamides is 1. The summed E-state index contributed by atoms with van der Waals surface area (Å²) in [6.45, 7) is 0.674. The second-order valence-electron chi connectivity index (χ2n) is 6.37. The van der Waals surface area contributed by atoms with Crippen molar-refractivity contribution in [2.24, 2.45) is 0 Å². The van der Waals surface area contributed by atoms with Gasteiger partial charge in [0.1, 0.15) is 5.52 Å². The van der Waals surface area contributed by atoms with Crippen LogP contribution in [0.2, 0.25) is 5.02 Å². The fourth-order valence-electron chi connectivity index (χ4n) is 2.62. The molecule has 1 aromatic heterocycles. The van der Waals surface area contributed by atoms with E-state index in [1.54, 1.807) is 16.8 Å². The number of halogens is 1. The van der Waals surface area contributed by atoms with Crippen molar-refractivity contribution < 1.29 is 13.2 Å². The van der Waals surface area contributed by atoms with E-state index < -0.39 is 10.0 Å². The maximum Gasteiger partial charge on any atom is 0.242 e. The molecule has 0 aliphatic rings. The van der Waals surface area contributed by atoms with E-state index in [4.69, 9.17) is 11.6 Å². The van der Waals surface area contributed by atoms with Crippen LogP contribution in [0.4, 0.5) is 0 Å². The summed E-state index contributed by atoms with van der Waals surface area (Å²) < 4.78 is 27.2. The first-order valence-corrected chi connectivity index (χ1v) is 10.4. The molecule has 2 aromatic carbocycles. The number of amides is 1. The smallest absolute Gasteiger partial charge is 0.242 e. The standard InChI is InChI=1S/C18H20ClN5O3S/c1-23(2)28(26,27)14-7-8-17-16(11-14)21-22-24(17)10-9-18(25)20-12-13-5-3-4-6-15(13)19/h3-8,11H,9-10,12H2,1-2H3,(H,20,25). The van der Waals surface area contributed by atoms with Crippen LogP contribution in [-0.2, 0) is 27.9 Å². The number of hydrogen-bond acceptors (Lipinski definition) is 5. The number of aromatic nitrogens is 3. The minimum Gasteiger partial charge on any atom is -0.352 e. The molecular formula is C18H20ClN5O3S. The van der Waals surface area contributed by atoms with Gasteiger partial charge in [0.15, 0.2) is 0 Å². The number of aryl methyl sites for hydroxylation is 1. The van der Waals surface area contributed by atoms with Gasteiger partial charge in [0.2, 0.25) is 15.9 Å². The van der Waals surface area contributed by atoms with E-state index in [2.05, 4.69) is 15.6 Å². The Morgan fingerprint density at radius 3 is 2.68 bits per heavy atom. The molecule has 8 nitrogen and oxygen atoms in total. The number of carbonyl (C=O) groups is 1. The first kappa shape index (κ1) is 20.2. The zero-order valence-corrected chi connectivity index (χ0v) is 17.0. The molecule has 0 atom stereocenters. The largest absolute Gasteiger partial charge is 0.352 e. The molecule has 3 aromatic rings. The summed E-state index contributed by atoms with van der Waals surface area (Å²) >= 11 is 6.08. The molecule has 0 spiro atoms. The zero-order valence-electron chi connectivity index (χ0n) is 15.5. The average Bonchev–Trinajstić information content (AvgIpc) is 3.08. The summed E-state index contributed by atoms with van der Waals surface area (Å²) in [5.41, 5.74) is 1.97. The molecule has 3 rings (SSSR count). The highest BCUT2D eigenvalue weighted by Gasteiger charge is 2.19. The molecule has 0 fully saturated rings. The molecule has 148 valence electrons. The lowest BCUT2D eigenvalue weighted by atomic mass is 10.2. The van der Waals surface area contributed by atoms with Crippen LogP contribution in [0, 0.1) is 0 Å². The van der Waals surface area contributed by atoms with Crippen LogP contribution in [0.25, 0.3) is 11.0 Å². The van der Waals surface area contributed by atoms with Crippen LogP contribution < -0.4 is 5.32 Å². The van der Waals surface area contributed by atoms with Crippen LogP contribution in [-0.4, -0.2) is 47.7 Å². The minimum atomic E-state index is -3.54. The van der Waals surface area contributed by atoms with E-state index in [1.807, 2.05) is 18.2 Å². The summed E-state index contributed by atoms with van der Waals surface area (Å²) in [6, 6.07) is 12.0. The van der Waals surface area contributed by atoms with Gasteiger partial charge in [-0.3, -0.25) is 4.79 Å². The van der Waals surface area contributed by atoms with E-state index in [9.17, 15) is 13.2 Å². The first-order valence-electron chi connectivity index (χ1n) is 8.55. The summed E-state index contributed by atoms with van der Waals surface area (Å²) in [5.74, 6) is -0.143. The first-order chi connectivity index (χ1) is 13.3. The second kappa shape index (κ2) is 8.26. The highest BCUT2D eigenvalue weighted by Crippen LogP contribution is 2.19. The molecule has 0 unspecified atom stereocenters. The molecule has 10 heteroatoms. The molecule has 1 amide bonds. The Morgan fingerprint density at radius 1 is 1.21 bits per heavy atom. The molecule has 0 radical (unpaired) electrons. The van der Waals surface area contributed by atoms with Gasteiger partial charge in [-0.1, -0.05) is 35.0 Å². The molecule has 0 aliphatic carbocycles. The number of nitrogens with one attached hydrogen (secondary N) is 1. The van der Waals surface area contributed by atoms with Crippen LogP contribution >= 0.6 is 11.6 Å². The van der Waals surface area contributed by atoms with Crippen molar-refractivity contribution in [1.29, 1.82) is 0 Å². The molecule has 0 saturated heterocycles. The zero-order chi connectivity index (χ0) is 20.3. The number of nitrogens with zero attached hydrogens (tertiary/aromatic N) is 4. The predicted octanol–water partition coefficient (Wildman–Crippen LogP) is 2.04. The van der Waals surface area contributed by atoms with Gasteiger partial charge < -0.3 is 5.32 Å². The summed E-state index contributed by atoms with van der Waals surface area (Å²) in [5, 5.41) is 11.5. The van der Waals surface area contributed by atoms with Gasteiger partial charge in [-0.2, -0.15) is 0 Å². The molecule has 28 heavy (non-hydrogen) atoms. The van der Waals surface area contributed by atoms with E-state index in [0.29, 0.717) is 29.1 Å². The number of rotatable bonds is 7. The van der Waals surface area contributed by atoms with Gasteiger partial charge in [0.05, 0.1) is 17.0 Å². The predicted molar refractivity (Wildman–Crippen MR) is 106 cm³/mol. The topological polar surface area (TPSA) is 97.2 Å². The summed E-state index contributed by atoms with van der Waals surface area (Å²) in [4.78, 5) is 12.3. The van der Waals surface area contributed by atoms with Crippen LogP contribution in [0.1, 0.15) is 12.0 Å². The average molecular weight is 422 g/mol. The Labute approximate surface area is 168 Å². The Balaban J connectivity index is 1.65. The number of benzene rings is 2. The molecule has 0 aliphatic heterocycles. The van der Waals surface area contributed by atoms with Gasteiger partial charge in [0, 0.05) is 32.1 Å². The Hall–Kier alpha value is -2.49. The molecule has 1 heterocycles. The Morgan fingerprint density at radius 2 is 1.96 bits per heavy atom. The van der Waals surface area contributed by atoms with Crippen LogP contribution in [0.5, 0.6) is 0 Å². The third kappa shape index (κ3) is 4.32. The lowest BCUT2D eigenvalue weighted by Crippen LogP contribution is -2.24. The van der Waals surface area contributed by atoms with Crippen LogP contribution in [0.3, 0.4) is 0 Å². The van der Waals surface area contributed by atoms with E-state index in [0.717, 1.165) is 9.87 Å². The van der Waals surface area contributed by atoms with Gasteiger partial charge >= 0.3 is 0 Å². The summed E-state index contributed by atoms with van der Waals surface area (Å²) in [7, 11) is -0.601. The molecular weight excluding hydrogens is 402 g/mol. The normalized spacial score (nSPS) is 11.9. The van der Waals surface area contributed by atoms with Crippen molar-refractivity contribution in [2.75, 3.05) is 14.1 Å². The number of hydrogen-bond donors (Lipinski definition) is 1. The fraction of sp³-hybridized carbons (Fsp3) is 0.278. The van der Waals surface area contributed by atoms with Crippen molar-refractivity contribution in [2.45, 2.75) is 24.4 Å². The maximum atomic E-state index is 12.2. The second-order valence-corrected chi connectivity index (χ2v) is 8.93. The van der Waals surface area contributed by atoms with Gasteiger partial charge in [-0.05, 0) is 29.8 Å². The van der Waals surface area contributed by atoms with Crippen LogP contribution in [0.15, 0.2) is 47.4 Å². The van der Waals surface area contributed by atoms with Crippen molar-refractivity contribution in [3.05, 3.63) is 53.1 Å². The van der Waals surface area contributed by atoms with E-state index in [-0.39, 0.29) is 17.2 Å². The van der Waals surface area contributed by atoms with Gasteiger partial charge in [-0.25, -0.2) is 17.4 Å². The third-order valence-electron chi connectivity index (χ3n) is 4.25. The van der Waals surface area contributed by atoms with E-state index >= 15 is 0 Å².